The minimum absolute atomic E-state index is 0.0579. The van der Waals surface area contributed by atoms with Gasteiger partial charge in [-0.1, -0.05) is 30.3 Å². The number of aryl methyl sites for hydroxylation is 1. The third-order valence-corrected chi connectivity index (χ3v) is 7.19. The highest BCUT2D eigenvalue weighted by Crippen LogP contribution is 2.24. The van der Waals surface area contributed by atoms with Gasteiger partial charge in [-0.25, -0.2) is 8.42 Å². The Kier molecular flexibility index (Phi) is 5.39. The van der Waals surface area contributed by atoms with E-state index in [1.165, 1.54) is 0 Å². The average Bonchev–Trinajstić information content (AvgIpc) is 3.16. The zero-order chi connectivity index (χ0) is 17.9. The van der Waals surface area contributed by atoms with E-state index in [0.29, 0.717) is 13.0 Å². The van der Waals surface area contributed by atoms with Gasteiger partial charge in [-0.15, -0.1) is 11.3 Å². The Labute approximate surface area is 152 Å². The number of amides is 1. The molecule has 3 rings (SSSR count). The van der Waals surface area contributed by atoms with Crippen molar-refractivity contribution in [2.24, 2.45) is 0 Å². The zero-order valence-corrected chi connectivity index (χ0v) is 15.7. The van der Waals surface area contributed by atoms with Gasteiger partial charge in [0.15, 0.2) is 9.84 Å². The summed E-state index contributed by atoms with van der Waals surface area (Å²) >= 11 is 1.60. The van der Waals surface area contributed by atoms with E-state index < -0.39 is 9.84 Å². The number of hydrogen-bond acceptors (Lipinski definition) is 4. The summed E-state index contributed by atoms with van der Waals surface area (Å²) in [5.74, 6) is 0.0778. The molecule has 1 saturated heterocycles. The second-order valence-electron chi connectivity index (χ2n) is 6.29. The van der Waals surface area contributed by atoms with Crippen LogP contribution in [-0.4, -0.2) is 36.8 Å². The molecule has 1 atom stereocenters. The van der Waals surface area contributed by atoms with Gasteiger partial charge in [-0.3, -0.25) is 4.79 Å². The first-order valence-electron chi connectivity index (χ1n) is 8.22. The summed E-state index contributed by atoms with van der Waals surface area (Å²) in [6.45, 7) is 2.47. The van der Waals surface area contributed by atoms with E-state index in [9.17, 15) is 13.2 Å². The number of benzene rings is 1. The van der Waals surface area contributed by atoms with Gasteiger partial charge in [-0.2, -0.15) is 0 Å². The molecule has 1 amide bonds. The van der Waals surface area contributed by atoms with Crippen LogP contribution in [0, 0.1) is 6.92 Å². The zero-order valence-electron chi connectivity index (χ0n) is 14.1. The fraction of sp³-hybridized carbons (Fsp3) is 0.316. The number of sulfone groups is 1. The lowest BCUT2D eigenvalue weighted by Crippen LogP contribution is -2.39. The molecule has 2 aromatic rings. The molecule has 0 spiro atoms. The van der Waals surface area contributed by atoms with Gasteiger partial charge in [-0.05, 0) is 42.0 Å². The van der Waals surface area contributed by atoms with Gasteiger partial charge in [0.2, 0.25) is 5.91 Å². The molecule has 2 heterocycles. The maximum absolute atomic E-state index is 12.8. The molecule has 25 heavy (non-hydrogen) atoms. The molecular weight excluding hydrogens is 354 g/mol. The van der Waals surface area contributed by atoms with Crippen LogP contribution in [0.3, 0.4) is 0 Å². The van der Waals surface area contributed by atoms with Gasteiger partial charge >= 0.3 is 0 Å². The predicted molar refractivity (Wildman–Crippen MR) is 102 cm³/mol. The third kappa shape index (κ3) is 4.58. The molecule has 0 radical (unpaired) electrons. The monoisotopic (exact) mass is 375 g/mol. The topological polar surface area (TPSA) is 54.5 Å². The van der Waals surface area contributed by atoms with Crippen molar-refractivity contribution < 1.29 is 13.2 Å². The van der Waals surface area contributed by atoms with Crippen LogP contribution in [0.2, 0.25) is 0 Å². The van der Waals surface area contributed by atoms with Crippen LogP contribution in [0.5, 0.6) is 0 Å². The SMILES string of the molecule is Cc1ccsc1CN(C(=O)/C=C/c1ccccc1)C1CCS(=O)(=O)C1. The van der Waals surface area contributed by atoms with Gasteiger partial charge in [0.05, 0.1) is 18.1 Å². The largest absolute Gasteiger partial charge is 0.330 e. The Morgan fingerprint density at radius 3 is 2.64 bits per heavy atom. The Morgan fingerprint density at radius 1 is 1.28 bits per heavy atom. The summed E-state index contributed by atoms with van der Waals surface area (Å²) in [6.07, 6.45) is 3.83. The first kappa shape index (κ1) is 17.9. The lowest BCUT2D eigenvalue weighted by Gasteiger charge is -2.27. The van der Waals surface area contributed by atoms with Crippen molar-refractivity contribution in [1.82, 2.24) is 4.90 Å². The van der Waals surface area contributed by atoms with E-state index in [0.717, 1.165) is 16.0 Å². The van der Waals surface area contributed by atoms with Crippen molar-refractivity contribution >= 4 is 33.2 Å². The van der Waals surface area contributed by atoms with E-state index in [4.69, 9.17) is 0 Å². The first-order valence-corrected chi connectivity index (χ1v) is 10.9. The Bertz CT molecular complexity index is 869. The summed E-state index contributed by atoms with van der Waals surface area (Å²) < 4.78 is 23.7. The van der Waals surface area contributed by atoms with Crippen molar-refractivity contribution in [3.05, 3.63) is 63.9 Å². The van der Waals surface area contributed by atoms with Crippen LogP contribution in [0.15, 0.2) is 47.9 Å². The average molecular weight is 376 g/mol. The highest BCUT2D eigenvalue weighted by Gasteiger charge is 2.34. The smallest absolute Gasteiger partial charge is 0.247 e. The highest BCUT2D eigenvalue weighted by molar-refractivity contribution is 7.91. The molecule has 132 valence electrons. The molecule has 0 aliphatic carbocycles. The fourth-order valence-corrected chi connectivity index (χ4v) is 5.59. The van der Waals surface area contributed by atoms with Crippen molar-refractivity contribution in [3.63, 3.8) is 0 Å². The normalized spacial score (nSPS) is 19.3. The van der Waals surface area contributed by atoms with E-state index in [-0.39, 0.29) is 23.5 Å². The highest BCUT2D eigenvalue weighted by atomic mass is 32.2. The van der Waals surface area contributed by atoms with Gasteiger partial charge < -0.3 is 4.90 Å². The fourth-order valence-electron chi connectivity index (χ4n) is 2.96. The summed E-state index contributed by atoms with van der Waals surface area (Å²) in [5.41, 5.74) is 2.08. The van der Waals surface area contributed by atoms with Gasteiger partial charge in [0, 0.05) is 17.0 Å². The summed E-state index contributed by atoms with van der Waals surface area (Å²) in [4.78, 5) is 15.6. The minimum Gasteiger partial charge on any atom is -0.330 e. The molecule has 1 aromatic heterocycles. The third-order valence-electron chi connectivity index (χ3n) is 4.43. The van der Waals surface area contributed by atoms with Crippen molar-refractivity contribution in [3.8, 4) is 0 Å². The molecule has 0 saturated carbocycles. The van der Waals surface area contributed by atoms with Crippen LogP contribution in [0.25, 0.3) is 6.08 Å². The van der Waals surface area contributed by atoms with Gasteiger partial charge in [0.1, 0.15) is 0 Å². The summed E-state index contributed by atoms with van der Waals surface area (Å²) in [5, 5.41) is 2.00. The van der Waals surface area contributed by atoms with Crippen LogP contribution in [-0.2, 0) is 21.2 Å². The molecule has 1 unspecified atom stereocenters. The molecular formula is C19H21NO3S2. The lowest BCUT2D eigenvalue weighted by molar-refractivity contribution is -0.128. The Hall–Kier alpha value is -1.92. The first-order chi connectivity index (χ1) is 11.9. The standard InChI is InChI=1S/C19H21NO3S2/c1-15-9-11-24-18(15)13-20(17-10-12-25(22,23)14-17)19(21)8-7-16-5-3-2-4-6-16/h2-9,11,17H,10,12-14H2,1H3/b8-7+. The molecule has 0 bridgehead atoms. The van der Waals surface area contributed by atoms with E-state index >= 15 is 0 Å². The number of carbonyl (C=O) groups excluding carboxylic acids is 1. The molecule has 1 aromatic carbocycles. The quantitative estimate of drug-likeness (QED) is 0.754. The maximum Gasteiger partial charge on any atom is 0.247 e. The Balaban J connectivity index is 1.81. The number of carbonyl (C=O) groups is 1. The molecule has 1 aliphatic heterocycles. The Morgan fingerprint density at radius 2 is 2.04 bits per heavy atom. The molecule has 0 N–H and O–H groups in total. The van der Waals surface area contributed by atoms with Crippen molar-refractivity contribution in [2.45, 2.75) is 25.9 Å². The van der Waals surface area contributed by atoms with E-state index in [1.807, 2.05) is 48.7 Å². The molecule has 1 fully saturated rings. The van der Waals surface area contributed by atoms with Crippen LogP contribution >= 0.6 is 11.3 Å². The molecule has 1 aliphatic rings. The number of rotatable bonds is 5. The van der Waals surface area contributed by atoms with Crippen LogP contribution in [0.1, 0.15) is 22.4 Å². The number of thiophene rings is 1. The van der Waals surface area contributed by atoms with Crippen LogP contribution < -0.4 is 0 Å². The number of hydrogen-bond donors (Lipinski definition) is 0. The minimum atomic E-state index is -3.04. The maximum atomic E-state index is 12.8. The second-order valence-corrected chi connectivity index (χ2v) is 9.52. The van der Waals surface area contributed by atoms with Crippen molar-refractivity contribution in [1.29, 1.82) is 0 Å². The second kappa shape index (κ2) is 7.54. The lowest BCUT2D eigenvalue weighted by atomic mass is 10.1. The van der Waals surface area contributed by atoms with E-state index in [1.54, 1.807) is 28.4 Å². The summed E-state index contributed by atoms with van der Waals surface area (Å²) in [7, 11) is -3.04. The number of nitrogens with zero attached hydrogens (tertiary/aromatic N) is 1. The van der Waals surface area contributed by atoms with Crippen LogP contribution in [0.4, 0.5) is 0 Å². The molecule has 4 nitrogen and oxygen atoms in total. The van der Waals surface area contributed by atoms with E-state index in [2.05, 4.69) is 0 Å². The summed E-state index contributed by atoms with van der Waals surface area (Å²) in [6, 6.07) is 11.4. The molecule has 6 heteroatoms. The van der Waals surface area contributed by atoms with Gasteiger partial charge in [0.25, 0.3) is 0 Å². The van der Waals surface area contributed by atoms with Crippen molar-refractivity contribution in [2.75, 3.05) is 11.5 Å². The predicted octanol–water partition coefficient (Wildman–Crippen LogP) is 3.29.